The first kappa shape index (κ1) is 71.9. The monoisotopic (exact) mass is 1280 g/mol. The molecule has 3 amide bonds. The molecule has 0 aromatic rings. The van der Waals surface area contributed by atoms with Gasteiger partial charge in [-0.3, -0.25) is 23.5 Å². The van der Waals surface area contributed by atoms with Crippen molar-refractivity contribution >= 4 is 38.5 Å². The van der Waals surface area contributed by atoms with Gasteiger partial charge in [-0.25, -0.2) is 8.37 Å². The van der Waals surface area contributed by atoms with Crippen LogP contribution in [0.4, 0.5) is 0 Å². The summed E-state index contributed by atoms with van der Waals surface area (Å²) in [5, 5.41) is 179. The van der Waals surface area contributed by atoms with Crippen molar-refractivity contribution in [2.75, 3.05) is 46.2 Å². The maximum absolute atomic E-state index is 12.6. The summed E-state index contributed by atoms with van der Waals surface area (Å²) in [7, 11) is -10.8. The van der Waals surface area contributed by atoms with Crippen molar-refractivity contribution in [1.29, 1.82) is 0 Å². The molecule has 84 heavy (non-hydrogen) atoms. The number of carbonyl (C=O) groups excluding carboxylic acids is 3. The zero-order valence-electron chi connectivity index (χ0n) is 44.3. The highest BCUT2D eigenvalue weighted by atomic mass is 32.3. The molecule has 0 aromatic heterocycles. The minimum absolute atomic E-state index is 0.850. The lowest BCUT2D eigenvalue weighted by atomic mass is 9.94. The van der Waals surface area contributed by atoms with E-state index in [1.54, 1.807) is 0 Å². The zero-order chi connectivity index (χ0) is 63.0. The third-order valence-corrected chi connectivity index (χ3v) is 14.5. The highest BCUT2D eigenvalue weighted by molar-refractivity contribution is 7.81. The van der Waals surface area contributed by atoms with Gasteiger partial charge < -0.3 is 145 Å². The molecule has 5 heterocycles. The molecule has 5 aliphatic heterocycles. The van der Waals surface area contributed by atoms with E-state index in [0.29, 0.717) is 0 Å². The molecular weight excluding hydrogens is 1200 g/mol. The second-order valence-electron chi connectivity index (χ2n) is 19.8. The smallest absolute Gasteiger partial charge is 0.394 e. The van der Waals surface area contributed by atoms with E-state index in [2.05, 4.69) is 24.3 Å². The third-order valence-electron chi connectivity index (χ3n) is 13.7. The van der Waals surface area contributed by atoms with E-state index in [4.69, 9.17) is 47.4 Å². The van der Waals surface area contributed by atoms with Gasteiger partial charge in [0.1, 0.15) is 140 Å². The number of aliphatic hydroxyl groups excluding tert-OH is 16. The van der Waals surface area contributed by atoms with Gasteiger partial charge in [-0.2, -0.15) is 16.8 Å². The van der Waals surface area contributed by atoms with E-state index >= 15 is 0 Å². The number of nitrogens with one attached hydrogen (secondary N) is 3. The van der Waals surface area contributed by atoms with Crippen molar-refractivity contribution in [2.45, 2.75) is 199 Å². The van der Waals surface area contributed by atoms with Crippen molar-refractivity contribution < 1.29 is 178 Å². The maximum atomic E-state index is 12.6. The molecule has 0 unspecified atom stereocenters. The van der Waals surface area contributed by atoms with Gasteiger partial charge in [0.15, 0.2) is 31.5 Å². The van der Waals surface area contributed by atoms with Crippen LogP contribution >= 0.6 is 0 Å². The minimum Gasteiger partial charge on any atom is -0.394 e. The lowest BCUT2D eigenvalue weighted by Gasteiger charge is -2.50. The zero-order valence-corrected chi connectivity index (χ0v) is 45.9. The van der Waals surface area contributed by atoms with E-state index in [1.807, 2.05) is 0 Å². The number of hydrogen-bond donors (Lipinski definition) is 21. The lowest BCUT2D eigenvalue weighted by molar-refractivity contribution is -0.377. The van der Waals surface area contributed by atoms with Gasteiger partial charge in [0.25, 0.3) is 0 Å². The van der Waals surface area contributed by atoms with Crippen molar-refractivity contribution in [1.82, 2.24) is 16.0 Å². The van der Waals surface area contributed by atoms with Crippen LogP contribution in [-0.4, -0.2) is 349 Å². The molecular formula is C42H73N3O37S2. The van der Waals surface area contributed by atoms with Crippen LogP contribution in [0, 0.1) is 0 Å². The summed E-state index contributed by atoms with van der Waals surface area (Å²) in [5.41, 5.74) is 0. The van der Waals surface area contributed by atoms with Crippen LogP contribution in [0.3, 0.4) is 0 Å². The molecule has 490 valence electrons. The van der Waals surface area contributed by atoms with Crippen LogP contribution in [0.2, 0.25) is 0 Å². The van der Waals surface area contributed by atoms with Crippen molar-refractivity contribution in [3.63, 3.8) is 0 Å². The summed E-state index contributed by atoms with van der Waals surface area (Å²) >= 11 is 0. The molecule has 5 saturated heterocycles. The topological polar surface area (TPSA) is 630 Å². The standard InChI is InChI=1S/C42H73N3O37S2/c1-11(50)43-14(4-46)34(79-40-31(62)29(60)24(55)16(5-47)74-40)23(54)15(53)8-71-38-21(44-12(2)51)27(58)35(19(77-38)9-72-83(65,66)67)81-42-33(64)37(26(57)18(7-49)76-42)82-39-22(45-13(3)52)28(59)36(20(78-39)10-73-84(68,69)70)80-41-32(63)30(61)25(56)17(6-48)75-41/h14-42,46-49,53-64H,4-10H2,1-3H3,(H,43,50)(H,44,51)(H,45,52)(H,65,66,67)(H,68,69,70)/t14-,15+,16+,17+,18+,19+,20+,21+,22+,23-,24-,25-,26-,27+,28+,29-,30-,31+,32+,33+,34+,35+,36+,37-,38+,39-,40-,41-,42-/m0/s1. The predicted molar refractivity (Wildman–Crippen MR) is 257 cm³/mol. The van der Waals surface area contributed by atoms with Gasteiger partial charge in [-0.15, -0.1) is 0 Å². The molecule has 0 aliphatic carbocycles. The van der Waals surface area contributed by atoms with Crippen LogP contribution in [0.25, 0.3) is 0 Å². The van der Waals surface area contributed by atoms with Crippen LogP contribution in [0.15, 0.2) is 0 Å². The van der Waals surface area contributed by atoms with E-state index < -0.39 is 263 Å². The normalized spacial score (nSPS) is 41.1. The first-order valence-corrected chi connectivity index (χ1v) is 28.1. The maximum Gasteiger partial charge on any atom is 0.397 e. The second-order valence-corrected chi connectivity index (χ2v) is 22.0. The Morgan fingerprint density at radius 2 is 0.869 bits per heavy atom. The quantitative estimate of drug-likeness (QED) is 0.0340. The van der Waals surface area contributed by atoms with Crippen molar-refractivity contribution in [3.05, 3.63) is 0 Å². The molecule has 29 atom stereocenters. The Balaban J connectivity index is 1.43. The van der Waals surface area contributed by atoms with E-state index in [1.165, 1.54) is 0 Å². The van der Waals surface area contributed by atoms with E-state index in [-0.39, 0.29) is 0 Å². The molecule has 0 aromatic carbocycles. The highest BCUT2D eigenvalue weighted by Crippen LogP contribution is 2.36. The summed E-state index contributed by atoms with van der Waals surface area (Å²) < 4.78 is 132. The Labute approximate surface area is 476 Å². The van der Waals surface area contributed by atoms with Gasteiger partial charge in [0.05, 0.1) is 52.3 Å². The van der Waals surface area contributed by atoms with E-state index in [0.717, 1.165) is 20.8 Å². The molecule has 5 aliphatic rings. The van der Waals surface area contributed by atoms with Gasteiger partial charge in [-0.05, 0) is 0 Å². The summed E-state index contributed by atoms with van der Waals surface area (Å²) in [6, 6.07) is -5.61. The third kappa shape index (κ3) is 18.4. The van der Waals surface area contributed by atoms with Crippen LogP contribution in [0.5, 0.6) is 0 Å². The van der Waals surface area contributed by atoms with Gasteiger partial charge in [0.2, 0.25) is 17.7 Å². The Hall–Kier alpha value is -2.89. The largest absolute Gasteiger partial charge is 0.397 e. The van der Waals surface area contributed by atoms with Crippen LogP contribution in [0.1, 0.15) is 20.8 Å². The number of carbonyl (C=O) groups is 3. The predicted octanol–water partition coefficient (Wildman–Crippen LogP) is -14.4. The van der Waals surface area contributed by atoms with Gasteiger partial charge >= 0.3 is 20.8 Å². The second kappa shape index (κ2) is 31.0. The SMILES string of the molecule is CC(=O)N[C@H]1[C@H](O[C@H]2[C@@H](O)[C@@H](CO)O[C@@H](O[C@H]3[C@H](O)[C@@H](NC(C)=O)[C@H](OC[C@@H](O)[C@H](O)[C@H](O[C@@H]4O[C@H](CO)[C@H](O)[C@H](O)[C@H]4O)[C@H](CO)NC(C)=O)O[C@@H]3COS(=O)(=O)O)[C@@H]2O)O[C@H](COS(=O)(=O)O)[C@@H](O[C@@H]2O[C@H](CO)[C@H](O)[C@H](O)[C@H]2O)[C@@H]1O. The Bertz CT molecular complexity index is 2330. The Kier molecular flexibility index (Phi) is 26.5. The molecule has 5 rings (SSSR count). The Morgan fingerprint density at radius 3 is 1.30 bits per heavy atom. The van der Waals surface area contributed by atoms with Crippen molar-refractivity contribution in [2.24, 2.45) is 0 Å². The average Bonchev–Trinajstić information content (AvgIpc) is 1.72. The van der Waals surface area contributed by atoms with Gasteiger partial charge in [-0.1, -0.05) is 0 Å². The molecule has 21 N–H and O–H groups in total. The van der Waals surface area contributed by atoms with Crippen LogP contribution in [-0.2, 0) is 90.9 Å². The van der Waals surface area contributed by atoms with Crippen molar-refractivity contribution in [3.8, 4) is 0 Å². The molecule has 40 nitrogen and oxygen atoms in total. The fraction of sp³-hybridized carbons (Fsp3) is 0.929. The first-order valence-electron chi connectivity index (χ1n) is 25.3. The summed E-state index contributed by atoms with van der Waals surface area (Å²) in [6.07, 6.45) is -54.8. The molecule has 0 bridgehead atoms. The summed E-state index contributed by atoms with van der Waals surface area (Å²) in [5.74, 6) is -2.81. The number of rotatable bonds is 27. The minimum atomic E-state index is -5.44. The average molecular weight is 1280 g/mol. The number of hydrogen-bond acceptors (Lipinski definition) is 35. The lowest BCUT2D eigenvalue weighted by Crippen LogP contribution is -2.70. The summed E-state index contributed by atoms with van der Waals surface area (Å²) in [6.45, 7) is -5.30. The molecule has 5 fully saturated rings. The molecule has 0 radical (unpaired) electrons. The number of amides is 3. The first-order chi connectivity index (χ1) is 39.2. The summed E-state index contributed by atoms with van der Waals surface area (Å²) in [4.78, 5) is 37.3. The molecule has 0 spiro atoms. The highest BCUT2D eigenvalue weighted by Gasteiger charge is 2.57. The Morgan fingerprint density at radius 1 is 0.476 bits per heavy atom. The van der Waals surface area contributed by atoms with Gasteiger partial charge in [0, 0.05) is 20.8 Å². The molecule has 0 saturated carbocycles. The number of ether oxygens (including phenoxy) is 10. The number of aliphatic hydroxyl groups is 16. The fourth-order valence-corrected chi connectivity index (χ4v) is 10.1. The van der Waals surface area contributed by atoms with Crippen LogP contribution < -0.4 is 16.0 Å². The fourth-order valence-electron chi connectivity index (χ4n) is 9.51. The molecule has 42 heteroatoms. The van der Waals surface area contributed by atoms with E-state index in [9.17, 15) is 122 Å².